The van der Waals surface area contributed by atoms with Crippen LogP contribution in [0.4, 0.5) is 9.52 Å². The second kappa shape index (κ2) is 15.0. The van der Waals surface area contributed by atoms with Gasteiger partial charge in [0.2, 0.25) is 0 Å². The summed E-state index contributed by atoms with van der Waals surface area (Å²) in [4.78, 5) is 52.2. The number of β-lactam (4-membered cyclic amide) rings is 1. The van der Waals surface area contributed by atoms with Crippen LogP contribution in [0.3, 0.4) is 0 Å². The van der Waals surface area contributed by atoms with Gasteiger partial charge in [-0.25, -0.2) is 14.2 Å². The number of methoxy groups -OCH3 is 1. The van der Waals surface area contributed by atoms with E-state index in [2.05, 4.69) is 15.5 Å². The molecule has 45 heavy (non-hydrogen) atoms. The molecular formula is C29H27ClFN5O6S3. The topological polar surface area (TPSA) is 145 Å². The number of hydrogen-bond acceptors (Lipinski definition) is 12. The third-order valence-electron chi connectivity index (χ3n) is 6.56. The molecule has 1 saturated heterocycles. The summed E-state index contributed by atoms with van der Waals surface area (Å²) < 4.78 is 23.5. The van der Waals surface area contributed by atoms with Gasteiger partial charge in [0.05, 0.1) is 7.11 Å². The van der Waals surface area contributed by atoms with Crippen molar-refractivity contribution in [1.29, 1.82) is 0 Å². The van der Waals surface area contributed by atoms with Gasteiger partial charge in [0.1, 0.15) is 48.4 Å². The highest BCUT2D eigenvalue weighted by Crippen LogP contribution is 2.45. The minimum Gasteiger partial charge on any atom is -0.497 e. The van der Waals surface area contributed by atoms with Crippen molar-refractivity contribution in [3.63, 3.8) is 0 Å². The molecule has 16 heteroatoms. The number of thiazole rings is 1. The van der Waals surface area contributed by atoms with Gasteiger partial charge in [-0.05, 0) is 35.4 Å². The number of amides is 2. The van der Waals surface area contributed by atoms with E-state index < -0.39 is 35.9 Å². The maximum Gasteiger partial charge on any atom is 0.356 e. The summed E-state index contributed by atoms with van der Waals surface area (Å²) in [7, 11) is 1.56. The number of fused-ring (bicyclic) bond motifs is 1. The number of halogens is 2. The second-order valence-electron chi connectivity index (χ2n) is 9.47. The number of rotatable bonds is 13. The van der Waals surface area contributed by atoms with E-state index in [1.165, 1.54) is 33.8 Å². The number of nitrogen functional groups attached to an aromatic ring is 1. The number of ether oxygens (including phenoxy) is 2. The number of carbonyl (C=O) groups excluding carboxylic acids is 3. The van der Waals surface area contributed by atoms with Crippen LogP contribution in [0.1, 0.15) is 16.8 Å². The Kier molecular flexibility index (Phi) is 10.9. The molecule has 2 aliphatic heterocycles. The standard InChI is InChI=1S/C29H27ClFN5O6S3/c1-40-18-6-2-17(3-7-18)13-41-28(39)24-21(45-19-8-4-16(12-30)5-9-19)15-43-27-23(26(38)36(24)27)34-25(37)22(35-42-11-10-31)20-14-44-29(32)33-20/h2-9,14,23,27H,10-13,15H2,1H3,(H2,32,33)(H,34,37)/t23-,27+/m1/s1. The predicted octanol–water partition coefficient (Wildman–Crippen LogP) is 4.31. The van der Waals surface area contributed by atoms with Crippen LogP contribution in [0.15, 0.2) is 74.6 Å². The number of oxime groups is 1. The minimum atomic E-state index is -0.983. The number of anilines is 1. The van der Waals surface area contributed by atoms with Crippen LogP contribution in [0.25, 0.3) is 0 Å². The number of esters is 1. The molecule has 0 bridgehead atoms. The van der Waals surface area contributed by atoms with Gasteiger partial charge in [0.25, 0.3) is 11.8 Å². The quantitative estimate of drug-likeness (QED) is 0.0664. The SMILES string of the molecule is COc1ccc(COC(=O)C2=C(Sc3ccc(CCl)cc3)CS[C@H]3[C@H](NC(=O)C(=NOCCF)c4csc(N)n4)C(=O)N23)cc1. The average molecular weight is 692 g/mol. The summed E-state index contributed by atoms with van der Waals surface area (Å²) in [6.45, 7) is -1.20. The van der Waals surface area contributed by atoms with Crippen LogP contribution in [-0.2, 0) is 36.4 Å². The Labute approximate surface area is 275 Å². The number of hydrogen-bond donors (Lipinski definition) is 2. The van der Waals surface area contributed by atoms with Crippen LogP contribution in [0.2, 0.25) is 0 Å². The molecule has 0 saturated carbocycles. The summed E-state index contributed by atoms with van der Waals surface area (Å²) >= 11 is 9.76. The van der Waals surface area contributed by atoms with Crippen molar-refractivity contribution in [3.8, 4) is 5.75 Å². The monoisotopic (exact) mass is 691 g/mol. The Balaban J connectivity index is 1.37. The van der Waals surface area contributed by atoms with Crippen LogP contribution in [-0.4, -0.2) is 70.9 Å². The molecule has 3 heterocycles. The number of benzene rings is 2. The van der Waals surface area contributed by atoms with E-state index in [-0.39, 0.29) is 35.4 Å². The number of aromatic nitrogens is 1. The van der Waals surface area contributed by atoms with Crippen molar-refractivity contribution in [3.05, 3.63) is 81.3 Å². The van der Waals surface area contributed by atoms with Crippen LogP contribution in [0, 0.1) is 0 Å². The van der Waals surface area contributed by atoms with Gasteiger partial charge in [-0.2, -0.15) is 0 Å². The predicted molar refractivity (Wildman–Crippen MR) is 172 cm³/mol. The van der Waals surface area contributed by atoms with Gasteiger partial charge < -0.3 is 25.4 Å². The highest BCUT2D eigenvalue weighted by Gasteiger charge is 2.55. The lowest BCUT2D eigenvalue weighted by atomic mass is 10.0. The summed E-state index contributed by atoms with van der Waals surface area (Å²) in [6, 6.07) is 13.7. The zero-order valence-corrected chi connectivity index (χ0v) is 26.9. The molecule has 0 spiro atoms. The van der Waals surface area contributed by atoms with Gasteiger partial charge in [-0.1, -0.05) is 41.2 Å². The number of carbonyl (C=O) groups is 3. The summed E-state index contributed by atoms with van der Waals surface area (Å²) in [5.41, 5.74) is 7.38. The molecule has 11 nitrogen and oxygen atoms in total. The molecule has 2 amide bonds. The van der Waals surface area contributed by atoms with Crippen LogP contribution < -0.4 is 15.8 Å². The Morgan fingerprint density at radius 3 is 2.58 bits per heavy atom. The molecule has 0 unspecified atom stereocenters. The number of nitrogens with zero attached hydrogens (tertiary/aromatic N) is 3. The van der Waals surface area contributed by atoms with Crippen LogP contribution >= 0.6 is 46.5 Å². The lowest BCUT2D eigenvalue weighted by molar-refractivity contribution is -0.153. The van der Waals surface area contributed by atoms with Crippen molar-refractivity contribution < 1.29 is 33.1 Å². The molecule has 3 aromatic rings. The van der Waals surface area contributed by atoms with E-state index in [0.29, 0.717) is 22.3 Å². The fraction of sp³-hybridized carbons (Fsp3) is 0.276. The Hall–Kier alpha value is -3.79. The van der Waals surface area contributed by atoms with Crippen molar-refractivity contribution in [1.82, 2.24) is 15.2 Å². The van der Waals surface area contributed by atoms with Gasteiger partial charge in [-0.15, -0.1) is 34.7 Å². The van der Waals surface area contributed by atoms with Crippen molar-refractivity contribution in [2.75, 3.05) is 31.9 Å². The number of nitrogens with one attached hydrogen (secondary N) is 1. The largest absolute Gasteiger partial charge is 0.497 e. The zero-order valence-electron chi connectivity index (χ0n) is 23.7. The zero-order chi connectivity index (χ0) is 31.9. The van der Waals surface area contributed by atoms with Gasteiger partial charge in [0.15, 0.2) is 10.8 Å². The maximum atomic E-state index is 13.6. The fourth-order valence-corrected chi connectivity index (χ4v) is 7.54. The number of alkyl halides is 2. The molecule has 2 atom stereocenters. The summed E-state index contributed by atoms with van der Waals surface area (Å²) in [6.07, 6.45) is 0. The summed E-state index contributed by atoms with van der Waals surface area (Å²) in [5.74, 6) is -0.529. The first-order valence-corrected chi connectivity index (χ1v) is 16.7. The first-order chi connectivity index (χ1) is 21.8. The highest BCUT2D eigenvalue weighted by atomic mass is 35.5. The normalized spacial score (nSPS) is 17.8. The van der Waals surface area contributed by atoms with Crippen molar-refractivity contribution >= 4 is 75.1 Å². The van der Waals surface area contributed by atoms with E-state index in [4.69, 9.17) is 31.6 Å². The minimum absolute atomic E-state index is 0.0236. The van der Waals surface area contributed by atoms with E-state index in [1.54, 1.807) is 31.4 Å². The first kappa shape index (κ1) is 32.6. The molecule has 1 fully saturated rings. The van der Waals surface area contributed by atoms with Gasteiger partial charge >= 0.3 is 5.97 Å². The highest BCUT2D eigenvalue weighted by molar-refractivity contribution is 8.06. The van der Waals surface area contributed by atoms with E-state index in [1.807, 2.05) is 24.3 Å². The fourth-order valence-electron chi connectivity index (χ4n) is 4.34. The molecule has 2 aromatic carbocycles. The molecule has 3 N–H and O–H groups in total. The van der Waals surface area contributed by atoms with E-state index >= 15 is 0 Å². The van der Waals surface area contributed by atoms with E-state index in [9.17, 15) is 18.8 Å². The smallest absolute Gasteiger partial charge is 0.356 e. The molecule has 0 radical (unpaired) electrons. The van der Waals surface area contributed by atoms with Gasteiger partial charge in [0, 0.05) is 26.8 Å². The molecule has 0 aliphatic carbocycles. The molecule has 2 aliphatic rings. The average Bonchev–Trinajstić information content (AvgIpc) is 3.50. The summed E-state index contributed by atoms with van der Waals surface area (Å²) in [5, 5.41) is 7.50. The maximum absolute atomic E-state index is 13.6. The van der Waals surface area contributed by atoms with Crippen molar-refractivity contribution in [2.24, 2.45) is 5.16 Å². The second-order valence-corrected chi connectivity index (χ2v) is 12.9. The Morgan fingerprint density at radius 2 is 1.93 bits per heavy atom. The Bertz CT molecular complexity index is 1620. The lowest BCUT2D eigenvalue weighted by Crippen LogP contribution is -2.71. The lowest BCUT2D eigenvalue weighted by Gasteiger charge is -2.49. The number of thioether (sulfide) groups is 2. The van der Waals surface area contributed by atoms with Gasteiger partial charge in [-0.3, -0.25) is 14.5 Å². The Morgan fingerprint density at radius 1 is 1.20 bits per heavy atom. The first-order valence-electron chi connectivity index (χ1n) is 13.4. The third kappa shape index (κ3) is 7.54. The molecule has 5 rings (SSSR count). The number of nitrogens with two attached hydrogens (primary N) is 1. The third-order valence-corrected chi connectivity index (χ3v) is 10.1. The van der Waals surface area contributed by atoms with E-state index in [0.717, 1.165) is 27.4 Å². The molecular weight excluding hydrogens is 665 g/mol. The van der Waals surface area contributed by atoms with Crippen molar-refractivity contribution in [2.45, 2.75) is 28.8 Å². The van der Waals surface area contributed by atoms with Crippen LogP contribution in [0.5, 0.6) is 5.75 Å². The molecule has 1 aromatic heterocycles. The molecule has 236 valence electrons.